The summed E-state index contributed by atoms with van der Waals surface area (Å²) in [7, 11) is 4.25. The summed E-state index contributed by atoms with van der Waals surface area (Å²) in [6.45, 7) is 23.6. The lowest BCUT2D eigenvalue weighted by atomic mass is 10.2. The number of hydrogen-bond acceptors (Lipinski definition) is 10. The molecule has 0 radical (unpaired) electrons. The van der Waals surface area contributed by atoms with Gasteiger partial charge >= 0.3 is 0 Å². The van der Waals surface area contributed by atoms with Crippen LogP contribution in [0.4, 0.5) is 0 Å². The van der Waals surface area contributed by atoms with Crippen LogP contribution >= 0.6 is 11.8 Å². The molecule has 0 bridgehead atoms. The molecular formula is C34H82O9SSi4. The molecule has 0 spiro atoms. The predicted octanol–water partition coefficient (Wildman–Crippen LogP) is 5.23. The quantitative estimate of drug-likeness (QED) is 0.0550. The van der Waals surface area contributed by atoms with Gasteiger partial charge in [-0.1, -0.05) is 64.2 Å². The third-order valence-electron chi connectivity index (χ3n) is 6.96. The highest BCUT2D eigenvalue weighted by Crippen LogP contribution is 2.14. The summed E-state index contributed by atoms with van der Waals surface area (Å²) >= 11 is 1.88. The van der Waals surface area contributed by atoms with Crippen LogP contribution in [0.1, 0.15) is 59.3 Å². The Hall–Kier alpha value is 0.858. The van der Waals surface area contributed by atoms with E-state index in [4.69, 9.17) is 42.6 Å². The molecule has 48 heavy (non-hydrogen) atoms. The number of ether oxygens (including phenoxy) is 9. The second-order valence-corrected chi connectivity index (χ2v) is 20.2. The zero-order chi connectivity index (χ0) is 36.2. The third kappa shape index (κ3) is 51.2. The molecule has 9 nitrogen and oxygen atoms in total. The van der Waals surface area contributed by atoms with Crippen LogP contribution < -0.4 is 0 Å². The molecule has 1 heterocycles. The van der Waals surface area contributed by atoms with E-state index in [2.05, 4.69) is 47.0 Å². The minimum absolute atomic E-state index is 0.122. The van der Waals surface area contributed by atoms with Gasteiger partial charge in [0, 0.05) is 78.7 Å². The van der Waals surface area contributed by atoms with E-state index in [1.807, 2.05) is 11.8 Å². The lowest BCUT2D eigenvalue weighted by molar-refractivity contribution is -0.162. The van der Waals surface area contributed by atoms with Crippen LogP contribution in [0.3, 0.4) is 0 Å². The maximum atomic E-state index is 5.58. The van der Waals surface area contributed by atoms with Crippen molar-refractivity contribution in [3.63, 3.8) is 0 Å². The van der Waals surface area contributed by atoms with E-state index in [0.29, 0.717) is 51.4 Å². The van der Waals surface area contributed by atoms with Crippen LogP contribution in [0, 0.1) is 5.92 Å². The molecule has 3 atom stereocenters. The Morgan fingerprint density at radius 1 is 0.688 bits per heavy atom. The molecule has 294 valence electrons. The molecule has 14 heteroatoms. The van der Waals surface area contributed by atoms with Gasteiger partial charge in [0.2, 0.25) is 0 Å². The van der Waals surface area contributed by atoms with Crippen molar-refractivity contribution in [1.29, 1.82) is 0 Å². The molecule has 1 saturated heterocycles. The molecule has 0 saturated carbocycles. The van der Waals surface area contributed by atoms with Crippen LogP contribution in [0.5, 0.6) is 0 Å². The Kier molecular flexibility index (Phi) is 55.4. The topological polar surface area (TPSA) is 83.1 Å². The Morgan fingerprint density at radius 3 is 1.77 bits per heavy atom. The first-order valence-electron chi connectivity index (χ1n) is 19.2. The first kappa shape index (κ1) is 53.2. The van der Waals surface area contributed by atoms with Crippen molar-refractivity contribution in [3.8, 4) is 0 Å². The van der Waals surface area contributed by atoms with Gasteiger partial charge in [0.05, 0.1) is 38.5 Å². The minimum Gasteiger partial charge on any atom is -0.382 e. The molecule has 1 aliphatic rings. The van der Waals surface area contributed by atoms with Crippen molar-refractivity contribution in [2.24, 2.45) is 5.92 Å². The maximum absolute atomic E-state index is 5.58. The molecule has 0 aromatic carbocycles. The van der Waals surface area contributed by atoms with Crippen LogP contribution in [0.25, 0.3) is 0 Å². The largest absolute Gasteiger partial charge is 0.382 e. The van der Waals surface area contributed by atoms with Gasteiger partial charge in [-0.25, -0.2) is 0 Å². The van der Waals surface area contributed by atoms with Crippen molar-refractivity contribution in [1.82, 2.24) is 0 Å². The minimum atomic E-state index is 0.122. The van der Waals surface area contributed by atoms with Crippen LogP contribution in [0.15, 0.2) is 0 Å². The summed E-state index contributed by atoms with van der Waals surface area (Å²) < 4.78 is 47.1. The van der Waals surface area contributed by atoms with E-state index >= 15 is 0 Å². The fourth-order valence-corrected chi connectivity index (χ4v) is 8.08. The normalized spacial score (nSPS) is 16.3. The Balaban J connectivity index is -0.000000563. The van der Waals surface area contributed by atoms with Crippen molar-refractivity contribution in [3.05, 3.63) is 0 Å². The highest BCUT2D eigenvalue weighted by molar-refractivity contribution is 7.99. The summed E-state index contributed by atoms with van der Waals surface area (Å²) in [4.78, 5) is 0. The van der Waals surface area contributed by atoms with E-state index < -0.39 is 0 Å². The van der Waals surface area contributed by atoms with E-state index in [1.165, 1.54) is 56.3 Å². The van der Waals surface area contributed by atoms with Crippen molar-refractivity contribution < 1.29 is 42.6 Å². The van der Waals surface area contributed by atoms with Crippen molar-refractivity contribution in [2.75, 3.05) is 93.0 Å². The number of hydrogen-bond donors (Lipinski definition) is 0. The molecule has 3 unspecified atom stereocenters. The van der Waals surface area contributed by atoms with Crippen LogP contribution in [0.2, 0.25) is 50.4 Å². The smallest absolute Gasteiger partial charge is 0.157 e. The monoisotopic (exact) mass is 778 g/mol. The molecule has 0 aliphatic carbocycles. The standard InChI is InChI=1S/C9H22O3Si.C9H20O2Si.C8H20O3Si.C8H20OSSi/c1-9(7-13-3)6-12-8-11-5-4-10-2;1-12-8-4-7-11-9-5-2-3-6-10-9;1-9-5-6-11-8-10-4-3-7-12-2;1-4-10-8(2)9-6-5-7-11-3/h9H,4-8,13H2,1-3H3;9H,2-8,12H2,1H3;3-8,12H2,1-2H3;8H,4-7,11H2,1-3H3. The van der Waals surface area contributed by atoms with E-state index in [-0.39, 0.29) is 44.4 Å². The predicted molar refractivity (Wildman–Crippen MR) is 220 cm³/mol. The summed E-state index contributed by atoms with van der Waals surface area (Å²) in [5.41, 5.74) is 0.401. The van der Waals surface area contributed by atoms with Crippen LogP contribution in [-0.4, -0.2) is 143 Å². The van der Waals surface area contributed by atoms with Gasteiger partial charge in [0.15, 0.2) is 6.29 Å². The Bertz CT molecular complexity index is 537. The van der Waals surface area contributed by atoms with E-state index in [9.17, 15) is 0 Å². The molecule has 1 rings (SSSR count). The second-order valence-electron chi connectivity index (χ2n) is 11.9. The number of rotatable bonds is 30. The van der Waals surface area contributed by atoms with Crippen molar-refractivity contribution in [2.45, 2.75) is 121 Å². The molecule has 1 aliphatic heterocycles. The van der Waals surface area contributed by atoms with Gasteiger partial charge in [-0.05, 0) is 57.1 Å². The fraction of sp³-hybridized carbons (Fsp3) is 1.00. The van der Waals surface area contributed by atoms with E-state index in [1.54, 1.807) is 14.2 Å². The lowest BCUT2D eigenvalue weighted by Crippen LogP contribution is -2.22. The fourth-order valence-electron chi connectivity index (χ4n) is 4.15. The average molecular weight is 779 g/mol. The van der Waals surface area contributed by atoms with Gasteiger partial charge in [-0.15, -0.1) is 11.8 Å². The summed E-state index contributed by atoms with van der Waals surface area (Å²) in [6.07, 6.45) is 7.41. The first-order chi connectivity index (χ1) is 23.5. The molecule has 0 amide bonds. The first-order valence-corrected chi connectivity index (χ1v) is 29.9. The van der Waals surface area contributed by atoms with Gasteiger partial charge in [-0.2, -0.15) is 0 Å². The Labute approximate surface area is 311 Å². The number of methoxy groups -OCH3 is 2. The van der Waals surface area contributed by atoms with Gasteiger partial charge in [-0.3, -0.25) is 0 Å². The van der Waals surface area contributed by atoms with Crippen LogP contribution in [-0.2, 0) is 42.6 Å². The molecule has 1 fully saturated rings. The summed E-state index contributed by atoms with van der Waals surface area (Å²) in [5.74, 6) is 1.85. The Morgan fingerprint density at radius 2 is 1.25 bits per heavy atom. The summed E-state index contributed by atoms with van der Waals surface area (Å²) in [6, 6.07) is 5.58. The second kappa shape index (κ2) is 50.0. The zero-order valence-electron chi connectivity index (χ0n) is 33.2. The molecule has 0 N–H and O–H groups in total. The summed E-state index contributed by atoms with van der Waals surface area (Å²) in [5, 5.41) is 0. The molecular weight excluding hydrogens is 697 g/mol. The maximum Gasteiger partial charge on any atom is 0.157 e. The van der Waals surface area contributed by atoms with Gasteiger partial charge in [0.1, 0.15) is 13.6 Å². The SMILES string of the molecule is CCSC(C)OCCC[SiH2]C.COCCOCOCC(C)C[SiH2]C.COCCOCOCCC[SiH2]C.C[SiH2]CCCOC1CCCCO1. The lowest BCUT2D eigenvalue weighted by Gasteiger charge is -2.22. The third-order valence-corrected chi connectivity index (χ3v) is 13.1. The van der Waals surface area contributed by atoms with Gasteiger partial charge < -0.3 is 42.6 Å². The van der Waals surface area contributed by atoms with E-state index in [0.717, 1.165) is 45.2 Å². The highest BCUT2D eigenvalue weighted by Gasteiger charge is 2.13. The zero-order valence-corrected chi connectivity index (χ0v) is 39.7. The highest BCUT2D eigenvalue weighted by atomic mass is 32.2. The van der Waals surface area contributed by atoms with Gasteiger partial charge in [0.25, 0.3) is 0 Å². The number of thioether (sulfide) groups is 1. The molecule has 0 aromatic heterocycles. The average Bonchev–Trinajstić information content (AvgIpc) is 3.09. The molecule has 0 aromatic rings. The van der Waals surface area contributed by atoms with Crippen molar-refractivity contribution >= 4 is 49.8 Å².